The van der Waals surface area contributed by atoms with Crippen LogP contribution in [0.1, 0.15) is 33.6 Å². The lowest BCUT2D eigenvalue weighted by atomic mass is 9.93. The number of anilines is 1. The molecule has 0 bridgehead atoms. The van der Waals surface area contributed by atoms with E-state index in [-0.39, 0.29) is 11.3 Å². The first kappa shape index (κ1) is 15.8. The van der Waals surface area contributed by atoms with E-state index in [1.807, 2.05) is 45.0 Å². The van der Waals surface area contributed by atoms with Crippen molar-refractivity contribution in [1.82, 2.24) is 10.3 Å². The molecule has 0 unspecified atom stereocenters. The number of piperidine rings is 1. The fourth-order valence-corrected chi connectivity index (χ4v) is 2.83. The van der Waals surface area contributed by atoms with E-state index in [1.165, 1.54) is 0 Å². The molecular weight excluding hydrogens is 290 g/mol. The van der Waals surface area contributed by atoms with Gasteiger partial charge in [-0.15, -0.1) is 0 Å². The zero-order valence-corrected chi connectivity index (χ0v) is 14.1. The maximum Gasteiger partial charge on any atom is 0.298 e. The van der Waals surface area contributed by atoms with E-state index in [9.17, 15) is 4.79 Å². The minimum Gasteiger partial charge on any atom is -0.423 e. The number of nitrogens with one attached hydrogen (secondary N) is 1. The van der Waals surface area contributed by atoms with Crippen molar-refractivity contribution in [3.63, 3.8) is 0 Å². The Kier molecular flexibility index (Phi) is 4.28. The molecule has 0 atom stereocenters. The van der Waals surface area contributed by atoms with Crippen LogP contribution in [0, 0.1) is 11.3 Å². The van der Waals surface area contributed by atoms with Crippen molar-refractivity contribution in [3.05, 3.63) is 24.3 Å². The Bertz CT molecular complexity index is 646. The number of hydrogen-bond donors (Lipinski definition) is 1. The molecule has 5 nitrogen and oxygen atoms in total. The molecule has 1 aromatic heterocycles. The van der Waals surface area contributed by atoms with Crippen molar-refractivity contribution >= 4 is 23.0 Å². The predicted molar refractivity (Wildman–Crippen MR) is 91.4 cm³/mol. The lowest BCUT2D eigenvalue weighted by Crippen LogP contribution is -2.41. The maximum absolute atomic E-state index is 11.9. The highest BCUT2D eigenvalue weighted by atomic mass is 16.4. The third kappa shape index (κ3) is 3.66. The fraction of sp³-hybridized carbons (Fsp3) is 0.556. The van der Waals surface area contributed by atoms with Crippen LogP contribution < -0.4 is 10.2 Å². The van der Waals surface area contributed by atoms with Gasteiger partial charge in [0.1, 0.15) is 5.52 Å². The Balaban J connectivity index is 1.53. The highest BCUT2D eigenvalue weighted by Crippen LogP contribution is 2.26. The van der Waals surface area contributed by atoms with Gasteiger partial charge in [-0.2, -0.15) is 4.98 Å². The molecule has 0 saturated carbocycles. The lowest BCUT2D eigenvalue weighted by Gasteiger charge is -2.31. The lowest BCUT2D eigenvalue weighted by molar-refractivity contribution is -0.128. The molecule has 3 rings (SSSR count). The first-order valence-corrected chi connectivity index (χ1v) is 8.32. The van der Waals surface area contributed by atoms with Crippen LogP contribution in [0.3, 0.4) is 0 Å². The number of aromatic nitrogens is 1. The summed E-state index contributed by atoms with van der Waals surface area (Å²) in [6.45, 7) is 8.43. The van der Waals surface area contributed by atoms with E-state index < -0.39 is 0 Å². The number of hydrogen-bond acceptors (Lipinski definition) is 4. The van der Waals surface area contributed by atoms with Crippen molar-refractivity contribution in [2.75, 3.05) is 24.5 Å². The number of carbonyl (C=O) groups is 1. The largest absolute Gasteiger partial charge is 0.423 e. The Morgan fingerprint density at radius 3 is 2.65 bits per heavy atom. The summed E-state index contributed by atoms with van der Waals surface area (Å²) < 4.78 is 5.83. The van der Waals surface area contributed by atoms with E-state index in [0.717, 1.165) is 43.6 Å². The molecule has 5 heteroatoms. The minimum absolute atomic E-state index is 0.124. The van der Waals surface area contributed by atoms with Crippen LogP contribution >= 0.6 is 0 Å². The smallest absolute Gasteiger partial charge is 0.298 e. The van der Waals surface area contributed by atoms with Gasteiger partial charge in [0.05, 0.1) is 0 Å². The Morgan fingerprint density at radius 1 is 1.30 bits per heavy atom. The van der Waals surface area contributed by atoms with Crippen molar-refractivity contribution < 1.29 is 9.21 Å². The van der Waals surface area contributed by atoms with Crippen LogP contribution in [0.25, 0.3) is 11.1 Å². The first-order valence-electron chi connectivity index (χ1n) is 8.32. The van der Waals surface area contributed by atoms with Gasteiger partial charge < -0.3 is 14.6 Å². The SMILES string of the molecule is CC(C)(C)C(=O)NCC1CCN(c2nc3ccccc3o2)CC1. The van der Waals surface area contributed by atoms with Crippen molar-refractivity contribution in [1.29, 1.82) is 0 Å². The van der Waals surface area contributed by atoms with Gasteiger partial charge in [-0.3, -0.25) is 4.79 Å². The fourth-order valence-electron chi connectivity index (χ4n) is 2.83. The van der Waals surface area contributed by atoms with Crippen LogP contribution in [0.4, 0.5) is 6.01 Å². The highest BCUT2D eigenvalue weighted by Gasteiger charge is 2.25. The second kappa shape index (κ2) is 6.22. The van der Waals surface area contributed by atoms with E-state index in [0.29, 0.717) is 11.9 Å². The average molecular weight is 315 g/mol. The standard InChI is InChI=1S/C18H25N3O2/c1-18(2,3)16(22)19-12-13-8-10-21(11-9-13)17-20-14-6-4-5-7-15(14)23-17/h4-7,13H,8-12H2,1-3H3,(H,19,22). The average Bonchev–Trinajstić information content (AvgIpc) is 2.96. The third-order valence-corrected chi connectivity index (χ3v) is 4.40. The molecule has 0 radical (unpaired) electrons. The van der Waals surface area contributed by atoms with E-state index in [4.69, 9.17) is 4.42 Å². The first-order chi connectivity index (χ1) is 10.9. The summed E-state index contributed by atoms with van der Waals surface area (Å²) in [6.07, 6.45) is 2.09. The molecular formula is C18H25N3O2. The Labute approximate surface area is 137 Å². The molecule has 1 aliphatic heterocycles. The third-order valence-electron chi connectivity index (χ3n) is 4.40. The normalized spacial score (nSPS) is 16.7. The van der Waals surface area contributed by atoms with Gasteiger partial charge in [0.15, 0.2) is 5.58 Å². The molecule has 23 heavy (non-hydrogen) atoms. The van der Waals surface area contributed by atoms with Gasteiger partial charge >= 0.3 is 0 Å². The Hall–Kier alpha value is -2.04. The van der Waals surface area contributed by atoms with Gasteiger partial charge in [-0.05, 0) is 30.9 Å². The second-order valence-electron chi connectivity index (χ2n) is 7.35. The summed E-state index contributed by atoms with van der Waals surface area (Å²) in [5, 5.41) is 3.07. The number of carbonyl (C=O) groups excluding carboxylic acids is 1. The zero-order valence-electron chi connectivity index (χ0n) is 14.1. The molecule has 1 amide bonds. The van der Waals surface area contributed by atoms with E-state index in [1.54, 1.807) is 0 Å². The second-order valence-corrected chi connectivity index (χ2v) is 7.35. The number of nitrogens with zero attached hydrogens (tertiary/aromatic N) is 2. The van der Waals surface area contributed by atoms with Gasteiger partial charge in [0, 0.05) is 25.0 Å². The van der Waals surface area contributed by atoms with E-state index >= 15 is 0 Å². The molecule has 1 aromatic carbocycles. The maximum atomic E-state index is 11.9. The zero-order chi connectivity index (χ0) is 16.4. The van der Waals surface area contributed by atoms with Crippen LogP contribution in [-0.4, -0.2) is 30.5 Å². The molecule has 124 valence electrons. The van der Waals surface area contributed by atoms with Gasteiger partial charge in [0.2, 0.25) is 5.91 Å². The number of rotatable bonds is 3. The topological polar surface area (TPSA) is 58.4 Å². The van der Waals surface area contributed by atoms with Crippen LogP contribution in [0.2, 0.25) is 0 Å². The molecule has 0 aliphatic carbocycles. The van der Waals surface area contributed by atoms with Gasteiger partial charge in [-0.25, -0.2) is 0 Å². The summed E-state index contributed by atoms with van der Waals surface area (Å²) in [6, 6.07) is 8.56. The molecule has 1 fully saturated rings. The quantitative estimate of drug-likeness (QED) is 0.945. The summed E-state index contributed by atoms with van der Waals surface area (Å²) in [7, 11) is 0. The molecule has 2 aromatic rings. The molecule has 1 N–H and O–H groups in total. The molecule has 0 spiro atoms. The van der Waals surface area contributed by atoms with Gasteiger partial charge in [0.25, 0.3) is 6.01 Å². The summed E-state index contributed by atoms with van der Waals surface area (Å²) in [5.41, 5.74) is 1.42. The monoisotopic (exact) mass is 315 g/mol. The number of amides is 1. The van der Waals surface area contributed by atoms with Crippen molar-refractivity contribution in [2.24, 2.45) is 11.3 Å². The summed E-state index contributed by atoms with van der Waals surface area (Å²) in [4.78, 5) is 18.7. The highest BCUT2D eigenvalue weighted by molar-refractivity contribution is 5.81. The van der Waals surface area contributed by atoms with Crippen molar-refractivity contribution in [3.8, 4) is 0 Å². The van der Waals surface area contributed by atoms with Crippen LogP contribution in [0.15, 0.2) is 28.7 Å². The van der Waals surface area contributed by atoms with Crippen LogP contribution in [-0.2, 0) is 4.79 Å². The number of benzene rings is 1. The summed E-state index contributed by atoms with van der Waals surface area (Å²) in [5.74, 6) is 0.654. The number of para-hydroxylation sites is 2. The van der Waals surface area contributed by atoms with Gasteiger partial charge in [-0.1, -0.05) is 32.9 Å². The van der Waals surface area contributed by atoms with Crippen LogP contribution in [0.5, 0.6) is 0 Å². The minimum atomic E-state index is -0.321. The molecule has 2 heterocycles. The number of fused-ring (bicyclic) bond motifs is 1. The Morgan fingerprint density at radius 2 is 2.00 bits per heavy atom. The molecule has 1 saturated heterocycles. The molecule has 1 aliphatic rings. The van der Waals surface area contributed by atoms with Crippen molar-refractivity contribution in [2.45, 2.75) is 33.6 Å². The summed E-state index contributed by atoms with van der Waals surface area (Å²) >= 11 is 0. The predicted octanol–water partition coefficient (Wildman–Crippen LogP) is 3.21. The number of oxazole rings is 1. The van der Waals surface area contributed by atoms with E-state index in [2.05, 4.69) is 15.2 Å².